The number of carbonyl (C=O) groups excluding carboxylic acids is 2. The summed E-state index contributed by atoms with van der Waals surface area (Å²) >= 11 is 0. The Morgan fingerprint density at radius 2 is 1.90 bits per heavy atom. The van der Waals surface area contributed by atoms with Crippen molar-refractivity contribution < 1.29 is 18.7 Å². The minimum Gasteiger partial charge on any atom is -0.467 e. The third-order valence-corrected chi connectivity index (χ3v) is 4.91. The first-order valence-corrected chi connectivity index (χ1v) is 9.28. The number of furan rings is 1. The zero-order valence-corrected chi connectivity index (χ0v) is 16.2. The van der Waals surface area contributed by atoms with Gasteiger partial charge in [-0.25, -0.2) is 9.78 Å². The lowest BCUT2D eigenvalue weighted by Gasteiger charge is -2.08. The lowest BCUT2D eigenvalue weighted by Crippen LogP contribution is -2.16. The van der Waals surface area contributed by atoms with Gasteiger partial charge >= 0.3 is 5.97 Å². The largest absolute Gasteiger partial charge is 0.467 e. The number of pyridine rings is 1. The second-order valence-electron chi connectivity index (χ2n) is 6.84. The molecule has 0 saturated carbocycles. The molecule has 0 aliphatic rings. The molecule has 3 heterocycles. The molecule has 0 saturated heterocycles. The third-order valence-electron chi connectivity index (χ3n) is 4.91. The van der Waals surface area contributed by atoms with Crippen molar-refractivity contribution in [2.24, 2.45) is 0 Å². The molecule has 0 aliphatic heterocycles. The van der Waals surface area contributed by atoms with Gasteiger partial charge in [0.1, 0.15) is 11.5 Å². The highest BCUT2D eigenvalue weighted by atomic mass is 16.5. The highest BCUT2D eigenvalue weighted by Gasteiger charge is 2.19. The number of Topliss-reactive ketones (excluding diaryl/α,β-unsaturated/α-hetero) is 1. The summed E-state index contributed by atoms with van der Waals surface area (Å²) in [6.45, 7) is 4.00. The van der Waals surface area contributed by atoms with E-state index in [-0.39, 0.29) is 18.1 Å². The van der Waals surface area contributed by atoms with E-state index in [0.717, 1.165) is 22.5 Å². The number of nitrogens with zero attached hydrogens (tertiary/aromatic N) is 2. The van der Waals surface area contributed by atoms with E-state index in [0.29, 0.717) is 17.6 Å². The number of rotatable bonds is 6. The first kappa shape index (κ1) is 18.7. The van der Waals surface area contributed by atoms with E-state index in [2.05, 4.69) is 4.98 Å². The zero-order chi connectivity index (χ0) is 20.4. The standard InChI is InChI=1S/C23H20N2O4/c1-15-12-19(16(2)25(15)13-18-7-5-11-28-18)22(26)14-29-23(27)21-10-9-17-6-3-4-8-20(17)24-21/h3-12H,13-14H2,1-2H3. The van der Waals surface area contributed by atoms with Crippen molar-refractivity contribution in [2.45, 2.75) is 20.4 Å². The Bertz CT molecular complexity index is 1190. The lowest BCUT2D eigenvalue weighted by atomic mass is 10.1. The van der Waals surface area contributed by atoms with Gasteiger partial charge in [0.15, 0.2) is 6.61 Å². The average Bonchev–Trinajstić information content (AvgIpc) is 3.35. The molecule has 0 aliphatic carbocycles. The Kier molecular flexibility index (Phi) is 4.99. The first-order chi connectivity index (χ1) is 14.0. The van der Waals surface area contributed by atoms with Gasteiger partial charge in [0, 0.05) is 22.3 Å². The summed E-state index contributed by atoms with van der Waals surface area (Å²) in [6, 6.07) is 16.4. The molecule has 0 N–H and O–H groups in total. The fourth-order valence-corrected chi connectivity index (χ4v) is 3.35. The van der Waals surface area contributed by atoms with Gasteiger partial charge in [-0.1, -0.05) is 24.3 Å². The molecule has 0 radical (unpaired) electrons. The van der Waals surface area contributed by atoms with Gasteiger partial charge in [-0.15, -0.1) is 0 Å². The zero-order valence-electron chi connectivity index (χ0n) is 16.2. The predicted molar refractivity (Wildman–Crippen MR) is 108 cm³/mol. The van der Waals surface area contributed by atoms with Crippen LogP contribution >= 0.6 is 0 Å². The number of benzene rings is 1. The van der Waals surface area contributed by atoms with Crippen LogP contribution in [-0.2, 0) is 11.3 Å². The maximum atomic E-state index is 12.6. The number of fused-ring (bicyclic) bond motifs is 1. The number of hydrogen-bond donors (Lipinski definition) is 0. The topological polar surface area (TPSA) is 74.3 Å². The number of aryl methyl sites for hydroxylation is 1. The molecule has 0 amide bonds. The summed E-state index contributed by atoms with van der Waals surface area (Å²) in [5.74, 6) is -0.0639. The summed E-state index contributed by atoms with van der Waals surface area (Å²) in [5, 5.41) is 0.934. The summed E-state index contributed by atoms with van der Waals surface area (Å²) < 4.78 is 12.6. The molecule has 1 aromatic carbocycles. The van der Waals surface area contributed by atoms with Gasteiger partial charge in [0.25, 0.3) is 0 Å². The van der Waals surface area contributed by atoms with E-state index in [9.17, 15) is 9.59 Å². The summed E-state index contributed by atoms with van der Waals surface area (Å²) in [4.78, 5) is 29.3. The van der Waals surface area contributed by atoms with Crippen LogP contribution < -0.4 is 0 Å². The molecule has 0 fully saturated rings. The van der Waals surface area contributed by atoms with E-state index >= 15 is 0 Å². The highest BCUT2D eigenvalue weighted by Crippen LogP contribution is 2.18. The predicted octanol–water partition coefficient (Wildman–Crippen LogP) is 4.33. The van der Waals surface area contributed by atoms with Gasteiger partial charge in [0.05, 0.1) is 18.3 Å². The molecule has 4 aromatic rings. The number of hydrogen-bond acceptors (Lipinski definition) is 5. The molecule has 4 rings (SSSR count). The Hall–Kier alpha value is -3.67. The number of carbonyl (C=O) groups is 2. The molecule has 29 heavy (non-hydrogen) atoms. The number of ketones is 1. The van der Waals surface area contributed by atoms with Crippen molar-refractivity contribution in [1.29, 1.82) is 0 Å². The Morgan fingerprint density at radius 3 is 2.69 bits per heavy atom. The van der Waals surface area contributed by atoms with Gasteiger partial charge < -0.3 is 13.7 Å². The van der Waals surface area contributed by atoms with Gasteiger partial charge in [0.2, 0.25) is 5.78 Å². The third kappa shape index (κ3) is 3.82. The maximum absolute atomic E-state index is 12.6. The smallest absolute Gasteiger partial charge is 0.357 e. The van der Waals surface area contributed by atoms with E-state index in [4.69, 9.17) is 9.15 Å². The van der Waals surface area contributed by atoms with Crippen LogP contribution in [0.15, 0.2) is 65.3 Å². The monoisotopic (exact) mass is 388 g/mol. The average molecular weight is 388 g/mol. The SMILES string of the molecule is Cc1cc(C(=O)COC(=O)c2ccc3ccccc3n2)c(C)n1Cc1ccco1. The van der Waals surface area contributed by atoms with Crippen molar-refractivity contribution in [3.63, 3.8) is 0 Å². The molecule has 3 aromatic heterocycles. The highest BCUT2D eigenvalue weighted by molar-refractivity contribution is 6.00. The van der Waals surface area contributed by atoms with Crippen LogP contribution in [0.1, 0.15) is 38.0 Å². The molecule has 146 valence electrons. The normalized spacial score (nSPS) is 11.0. The van der Waals surface area contributed by atoms with Crippen LogP contribution in [0.2, 0.25) is 0 Å². The Morgan fingerprint density at radius 1 is 1.07 bits per heavy atom. The van der Waals surface area contributed by atoms with E-state index < -0.39 is 5.97 Å². The van der Waals surface area contributed by atoms with Crippen LogP contribution in [0.5, 0.6) is 0 Å². The number of ether oxygens (including phenoxy) is 1. The molecule has 0 unspecified atom stereocenters. The van der Waals surface area contributed by atoms with Crippen molar-refractivity contribution in [3.8, 4) is 0 Å². The number of para-hydroxylation sites is 1. The Labute approximate surface area is 167 Å². The molecular weight excluding hydrogens is 368 g/mol. The molecular formula is C23H20N2O4. The second-order valence-corrected chi connectivity index (χ2v) is 6.84. The minimum atomic E-state index is -0.617. The molecule has 0 atom stereocenters. The van der Waals surface area contributed by atoms with Crippen LogP contribution in [0.4, 0.5) is 0 Å². The quantitative estimate of drug-likeness (QED) is 0.363. The van der Waals surface area contributed by atoms with Crippen molar-refractivity contribution in [1.82, 2.24) is 9.55 Å². The van der Waals surface area contributed by atoms with Crippen LogP contribution in [0.3, 0.4) is 0 Å². The van der Waals surface area contributed by atoms with E-state index in [1.807, 2.05) is 66.9 Å². The lowest BCUT2D eigenvalue weighted by molar-refractivity contribution is 0.0469. The van der Waals surface area contributed by atoms with Crippen molar-refractivity contribution in [2.75, 3.05) is 6.61 Å². The minimum absolute atomic E-state index is 0.180. The fraction of sp³-hybridized carbons (Fsp3) is 0.174. The van der Waals surface area contributed by atoms with Gasteiger partial charge in [-0.3, -0.25) is 4.79 Å². The molecule has 0 bridgehead atoms. The van der Waals surface area contributed by atoms with E-state index in [1.165, 1.54) is 0 Å². The number of esters is 1. The van der Waals surface area contributed by atoms with E-state index in [1.54, 1.807) is 12.3 Å². The van der Waals surface area contributed by atoms with Crippen LogP contribution in [-0.4, -0.2) is 27.9 Å². The van der Waals surface area contributed by atoms with Crippen molar-refractivity contribution >= 4 is 22.7 Å². The maximum Gasteiger partial charge on any atom is 0.357 e. The number of aromatic nitrogens is 2. The summed E-state index contributed by atoms with van der Waals surface area (Å²) in [5.41, 5.74) is 3.16. The van der Waals surface area contributed by atoms with Crippen molar-refractivity contribution in [3.05, 3.63) is 89.3 Å². The molecule has 0 spiro atoms. The fourth-order valence-electron chi connectivity index (χ4n) is 3.35. The second kappa shape index (κ2) is 7.75. The van der Waals surface area contributed by atoms with Gasteiger partial charge in [-0.05, 0) is 44.2 Å². The summed E-state index contributed by atoms with van der Waals surface area (Å²) in [6.07, 6.45) is 1.62. The van der Waals surface area contributed by atoms with Gasteiger partial charge in [-0.2, -0.15) is 0 Å². The molecule has 6 heteroatoms. The summed E-state index contributed by atoms with van der Waals surface area (Å²) in [7, 11) is 0. The van der Waals surface area contributed by atoms with Crippen LogP contribution in [0, 0.1) is 13.8 Å². The molecule has 6 nitrogen and oxygen atoms in total. The van der Waals surface area contributed by atoms with Crippen LogP contribution in [0.25, 0.3) is 10.9 Å². The first-order valence-electron chi connectivity index (χ1n) is 9.28. The Balaban J connectivity index is 1.45.